The Morgan fingerprint density at radius 2 is 2.09 bits per heavy atom. The average Bonchev–Trinajstić information content (AvgIpc) is 3.13. The summed E-state index contributed by atoms with van der Waals surface area (Å²) in [5, 5.41) is 8.68. The van der Waals surface area contributed by atoms with Crippen LogP contribution in [0.15, 0.2) is 30.7 Å². The molecule has 0 bridgehead atoms. The summed E-state index contributed by atoms with van der Waals surface area (Å²) in [7, 11) is 3.29. The number of carbonyl (C=O) groups excluding carboxylic acids is 1. The van der Waals surface area contributed by atoms with Crippen molar-refractivity contribution >= 4 is 11.5 Å². The van der Waals surface area contributed by atoms with Gasteiger partial charge in [-0.25, -0.2) is 9.31 Å². The zero-order valence-electron chi connectivity index (χ0n) is 12.5. The van der Waals surface area contributed by atoms with Crippen molar-refractivity contribution in [3.8, 4) is 11.1 Å². The van der Waals surface area contributed by atoms with E-state index in [4.69, 9.17) is 4.74 Å². The lowest BCUT2D eigenvalue weighted by Gasteiger charge is -2.10. The Morgan fingerprint density at radius 1 is 1.27 bits per heavy atom. The molecule has 3 aromatic heterocycles. The van der Waals surface area contributed by atoms with E-state index in [9.17, 15) is 4.79 Å². The molecule has 1 saturated carbocycles. The van der Waals surface area contributed by atoms with Gasteiger partial charge in [-0.3, -0.25) is 4.68 Å². The third-order valence-corrected chi connectivity index (χ3v) is 4.10. The molecule has 4 rings (SSSR count). The monoisotopic (exact) mass is 296 g/mol. The van der Waals surface area contributed by atoms with Crippen molar-refractivity contribution in [2.24, 2.45) is 7.05 Å². The van der Waals surface area contributed by atoms with Crippen LogP contribution in [0.2, 0.25) is 0 Å². The Bertz CT molecular complexity index is 874. The molecule has 0 amide bonds. The van der Waals surface area contributed by atoms with Crippen LogP contribution < -0.4 is 0 Å². The normalized spacial score (nSPS) is 14.5. The maximum absolute atomic E-state index is 11.9. The van der Waals surface area contributed by atoms with Crippen LogP contribution in [0.25, 0.3) is 16.6 Å². The summed E-state index contributed by atoms with van der Waals surface area (Å²) in [6.07, 6.45) is 7.75. The number of hydrogen-bond acceptors (Lipinski definition) is 4. The maximum Gasteiger partial charge on any atom is 0.341 e. The van der Waals surface area contributed by atoms with Gasteiger partial charge < -0.3 is 4.74 Å². The van der Waals surface area contributed by atoms with Gasteiger partial charge in [0.05, 0.1) is 30.7 Å². The summed E-state index contributed by atoms with van der Waals surface area (Å²) in [5.74, 6) is 0.134. The number of aryl methyl sites for hydroxylation is 1. The van der Waals surface area contributed by atoms with Crippen LogP contribution in [0.1, 0.15) is 34.8 Å². The molecular formula is C16H16N4O2. The second-order valence-electron chi connectivity index (χ2n) is 5.66. The van der Waals surface area contributed by atoms with E-state index in [1.165, 1.54) is 7.11 Å². The number of aromatic nitrogens is 4. The highest BCUT2D eigenvalue weighted by Gasteiger charge is 2.30. The summed E-state index contributed by atoms with van der Waals surface area (Å²) in [5.41, 5.74) is 4.65. The molecule has 0 unspecified atom stereocenters. The number of nitrogens with zero attached hydrogens (tertiary/aromatic N) is 4. The number of rotatable bonds is 3. The lowest BCUT2D eigenvalue weighted by atomic mass is 10.0. The molecule has 0 radical (unpaired) electrons. The first-order valence-electron chi connectivity index (χ1n) is 7.27. The summed E-state index contributed by atoms with van der Waals surface area (Å²) in [4.78, 5) is 11.9. The number of fused-ring (bicyclic) bond motifs is 1. The van der Waals surface area contributed by atoms with Gasteiger partial charge in [-0.2, -0.15) is 10.2 Å². The van der Waals surface area contributed by atoms with E-state index >= 15 is 0 Å². The Kier molecular flexibility index (Phi) is 2.79. The van der Waals surface area contributed by atoms with Crippen molar-refractivity contribution in [3.05, 3.63) is 42.0 Å². The fourth-order valence-electron chi connectivity index (χ4n) is 2.89. The minimum Gasteiger partial charge on any atom is -0.465 e. The first-order chi connectivity index (χ1) is 10.7. The first kappa shape index (κ1) is 13.1. The SMILES string of the molecule is COC(=O)c1cnn2c(C3CC3)c(-c3cnn(C)c3)ccc12. The fourth-order valence-corrected chi connectivity index (χ4v) is 2.89. The van der Waals surface area contributed by atoms with Gasteiger partial charge >= 0.3 is 5.97 Å². The van der Waals surface area contributed by atoms with Crippen molar-refractivity contribution in [2.75, 3.05) is 7.11 Å². The molecule has 6 nitrogen and oxygen atoms in total. The van der Waals surface area contributed by atoms with Gasteiger partial charge in [0.2, 0.25) is 0 Å². The molecule has 0 aliphatic heterocycles. The molecule has 112 valence electrons. The number of carbonyl (C=O) groups is 1. The van der Waals surface area contributed by atoms with E-state index in [1.807, 2.05) is 36.1 Å². The molecule has 3 heterocycles. The van der Waals surface area contributed by atoms with Crippen LogP contribution in [0.4, 0.5) is 0 Å². The van der Waals surface area contributed by atoms with Crippen molar-refractivity contribution in [1.82, 2.24) is 19.4 Å². The van der Waals surface area contributed by atoms with E-state index < -0.39 is 0 Å². The lowest BCUT2D eigenvalue weighted by Crippen LogP contribution is -2.03. The molecule has 0 saturated heterocycles. The second-order valence-corrected chi connectivity index (χ2v) is 5.66. The van der Waals surface area contributed by atoms with Gasteiger partial charge in [0.15, 0.2) is 0 Å². The predicted molar refractivity (Wildman–Crippen MR) is 80.7 cm³/mol. The standard InChI is InChI=1S/C16H16N4O2/c1-19-9-11(7-17-19)12-5-6-14-13(16(21)22-2)8-18-20(14)15(12)10-3-4-10/h5-10H,3-4H2,1-2H3. The first-order valence-corrected chi connectivity index (χ1v) is 7.27. The number of ether oxygens (including phenoxy) is 1. The predicted octanol–water partition coefficient (Wildman–Crippen LogP) is 2.40. The maximum atomic E-state index is 11.9. The van der Waals surface area contributed by atoms with E-state index in [1.54, 1.807) is 10.9 Å². The molecule has 6 heteroatoms. The third kappa shape index (κ3) is 1.91. The van der Waals surface area contributed by atoms with Gasteiger partial charge in [-0.05, 0) is 18.9 Å². The summed E-state index contributed by atoms with van der Waals surface area (Å²) < 4.78 is 8.50. The molecular weight excluding hydrogens is 280 g/mol. The zero-order chi connectivity index (χ0) is 15.3. The molecule has 1 aliphatic carbocycles. The van der Waals surface area contributed by atoms with Crippen molar-refractivity contribution in [3.63, 3.8) is 0 Å². The second kappa shape index (κ2) is 4.69. The van der Waals surface area contributed by atoms with Gasteiger partial charge in [-0.15, -0.1) is 0 Å². The number of hydrogen-bond donors (Lipinski definition) is 0. The van der Waals surface area contributed by atoms with Crippen LogP contribution in [0.3, 0.4) is 0 Å². The number of methoxy groups -OCH3 is 1. The summed E-state index contributed by atoms with van der Waals surface area (Å²) in [6, 6.07) is 3.97. The van der Waals surface area contributed by atoms with E-state index in [0.717, 1.165) is 35.2 Å². The minimum atomic E-state index is -0.356. The highest BCUT2D eigenvalue weighted by Crippen LogP contribution is 2.44. The van der Waals surface area contributed by atoms with Crippen LogP contribution in [-0.2, 0) is 11.8 Å². The molecule has 0 N–H and O–H groups in total. The van der Waals surface area contributed by atoms with Gasteiger partial charge in [0.1, 0.15) is 5.56 Å². The number of pyridine rings is 1. The molecule has 0 aromatic carbocycles. The van der Waals surface area contributed by atoms with Crippen molar-refractivity contribution in [1.29, 1.82) is 0 Å². The highest BCUT2D eigenvalue weighted by molar-refractivity contribution is 5.97. The Balaban J connectivity index is 1.96. The van der Waals surface area contributed by atoms with Crippen molar-refractivity contribution < 1.29 is 9.53 Å². The highest BCUT2D eigenvalue weighted by atomic mass is 16.5. The van der Waals surface area contributed by atoms with Crippen LogP contribution in [0.5, 0.6) is 0 Å². The lowest BCUT2D eigenvalue weighted by molar-refractivity contribution is 0.0603. The smallest absolute Gasteiger partial charge is 0.341 e. The van der Waals surface area contributed by atoms with Crippen molar-refractivity contribution in [2.45, 2.75) is 18.8 Å². The zero-order valence-corrected chi connectivity index (χ0v) is 12.5. The summed E-state index contributed by atoms with van der Waals surface area (Å²) >= 11 is 0. The summed E-state index contributed by atoms with van der Waals surface area (Å²) in [6.45, 7) is 0. The molecule has 0 atom stereocenters. The Hall–Kier alpha value is -2.63. The van der Waals surface area contributed by atoms with Crippen LogP contribution in [-0.4, -0.2) is 32.5 Å². The van der Waals surface area contributed by atoms with Gasteiger partial charge in [0, 0.05) is 30.3 Å². The van der Waals surface area contributed by atoms with Crippen LogP contribution in [0, 0.1) is 0 Å². The third-order valence-electron chi connectivity index (χ3n) is 4.10. The minimum absolute atomic E-state index is 0.356. The molecule has 1 fully saturated rings. The number of esters is 1. The van der Waals surface area contributed by atoms with Gasteiger partial charge in [0.25, 0.3) is 0 Å². The topological polar surface area (TPSA) is 61.4 Å². The van der Waals surface area contributed by atoms with E-state index in [0.29, 0.717) is 11.5 Å². The quantitative estimate of drug-likeness (QED) is 0.696. The largest absolute Gasteiger partial charge is 0.465 e. The van der Waals surface area contributed by atoms with E-state index in [-0.39, 0.29) is 5.97 Å². The molecule has 22 heavy (non-hydrogen) atoms. The Morgan fingerprint density at radius 3 is 2.73 bits per heavy atom. The van der Waals surface area contributed by atoms with E-state index in [2.05, 4.69) is 10.2 Å². The Labute approximate surface area is 127 Å². The van der Waals surface area contributed by atoms with Gasteiger partial charge in [-0.1, -0.05) is 6.07 Å². The van der Waals surface area contributed by atoms with Crippen LogP contribution >= 0.6 is 0 Å². The molecule has 1 aliphatic rings. The average molecular weight is 296 g/mol. The molecule has 3 aromatic rings. The fraction of sp³-hybridized carbons (Fsp3) is 0.312. The molecule has 0 spiro atoms.